The van der Waals surface area contributed by atoms with Gasteiger partial charge in [-0.05, 0) is 24.1 Å². The van der Waals surface area contributed by atoms with Crippen molar-refractivity contribution < 1.29 is 0 Å². The summed E-state index contributed by atoms with van der Waals surface area (Å²) in [4.78, 5) is 17.0. The third-order valence-electron chi connectivity index (χ3n) is 3.89. The molecular weight excluding hydrogens is 290 g/mol. The molecule has 0 saturated heterocycles. The molecule has 2 heterocycles. The molecule has 0 aliphatic heterocycles. The van der Waals surface area contributed by atoms with Crippen LogP contribution in [0.15, 0.2) is 59.4 Å². The number of aromatic nitrogens is 4. The molecule has 6 nitrogen and oxygen atoms in total. The fourth-order valence-electron chi connectivity index (χ4n) is 2.74. The SMILES string of the molecule is Nc1nc2ccccc2n2c(=O)n(CCc3ccccc3)nc12. The highest BCUT2D eigenvalue weighted by Gasteiger charge is 2.13. The van der Waals surface area contributed by atoms with Crippen LogP contribution in [-0.4, -0.2) is 19.2 Å². The standard InChI is InChI=1S/C17H15N5O/c18-15-16-20-21(11-10-12-6-2-1-3-7-12)17(23)22(16)14-9-5-4-8-13(14)19-15/h1-9H,10-11H2,(H2,18,19). The third-order valence-corrected chi connectivity index (χ3v) is 3.89. The van der Waals surface area contributed by atoms with Gasteiger partial charge in [0.25, 0.3) is 0 Å². The topological polar surface area (TPSA) is 78.2 Å². The molecule has 0 aliphatic carbocycles. The van der Waals surface area contributed by atoms with Crippen molar-refractivity contribution in [3.63, 3.8) is 0 Å². The van der Waals surface area contributed by atoms with Crippen LogP contribution in [0.4, 0.5) is 5.82 Å². The fourth-order valence-corrected chi connectivity index (χ4v) is 2.74. The molecule has 0 spiro atoms. The lowest BCUT2D eigenvalue weighted by molar-refractivity contribution is 0.594. The van der Waals surface area contributed by atoms with Crippen molar-refractivity contribution in [1.29, 1.82) is 0 Å². The number of anilines is 1. The molecule has 23 heavy (non-hydrogen) atoms. The zero-order chi connectivity index (χ0) is 15.8. The lowest BCUT2D eigenvalue weighted by Crippen LogP contribution is -2.22. The Morgan fingerprint density at radius 3 is 2.57 bits per heavy atom. The molecule has 6 heteroatoms. The highest BCUT2D eigenvalue weighted by molar-refractivity contribution is 5.81. The Kier molecular flexibility index (Phi) is 3.08. The number of nitrogens with two attached hydrogens (primary N) is 1. The first kappa shape index (κ1) is 13.5. The summed E-state index contributed by atoms with van der Waals surface area (Å²) >= 11 is 0. The van der Waals surface area contributed by atoms with Crippen LogP contribution in [0.3, 0.4) is 0 Å². The Morgan fingerprint density at radius 1 is 1.00 bits per heavy atom. The minimum atomic E-state index is -0.193. The van der Waals surface area contributed by atoms with Gasteiger partial charge in [-0.15, -0.1) is 5.10 Å². The molecule has 0 bridgehead atoms. The predicted octanol–water partition coefficient (Wildman–Crippen LogP) is 1.87. The molecule has 0 fully saturated rings. The zero-order valence-corrected chi connectivity index (χ0v) is 12.4. The second-order valence-electron chi connectivity index (χ2n) is 5.39. The van der Waals surface area contributed by atoms with Crippen molar-refractivity contribution in [3.05, 3.63) is 70.6 Å². The summed E-state index contributed by atoms with van der Waals surface area (Å²) in [5, 5.41) is 4.36. The number of hydrogen-bond donors (Lipinski definition) is 1. The van der Waals surface area contributed by atoms with Crippen LogP contribution in [0.2, 0.25) is 0 Å². The van der Waals surface area contributed by atoms with Gasteiger partial charge in [0.1, 0.15) is 0 Å². The Hall–Kier alpha value is -3.15. The van der Waals surface area contributed by atoms with Gasteiger partial charge in [0, 0.05) is 0 Å². The van der Waals surface area contributed by atoms with Crippen LogP contribution >= 0.6 is 0 Å². The monoisotopic (exact) mass is 305 g/mol. The van der Waals surface area contributed by atoms with E-state index in [4.69, 9.17) is 5.73 Å². The van der Waals surface area contributed by atoms with Gasteiger partial charge in [-0.1, -0.05) is 42.5 Å². The van der Waals surface area contributed by atoms with Gasteiger partial charge < -0.3 is 5.73 Å². The highest BCUT2D eigenvalue weighted by Crippen LogP contribution is 2.16. The number of fused-ring (bicyclic) bond motifs is 3. The molecule has 0 unspecified atom stereocenters. The number of benzene rings is 2. The molecular formula is C17H15N5O. The van der Waals surface area contributed by atoms with E-state index in [1.807, 2.05) is 54.6 Å². The largest absolute Gasteiger partial charge is 0.381 e. The molecule has 0 atom stereocenters. The normalized spacial score (nSPS) is 11.3. The van der Waals surface area contributed by atoms with Crippen LogP contribution in [0, 0.1) is 0 Å². The second kappa shape index (κ2) is 5.24. The van der Waals surface area contributed by atoms with E-state index in [0.717, 1.165) is 12.0 Å². The lowest BCUT2D eigenvalue weighted by Gasteiger charge is -2.01. The van der Waals surface area contributed by atoms with Gasteiger partial charge in [0.2, 0.25) is 5.65 Å². The molecule has 0 aliphatic rings. The Balaban J connectivity index is 1.83. The van der Waals surface area contributed by atoms with Crippen LogP contribution in [0.1, 0.15) is 5.56 Å². The summed E-state index contributed by atoms with van der Waals surface area (Å²) in [7, 11) is 0. The second-order valence-corrected chi connectivity index (χ2v) is 5.39. The summed E-state index contributed by atoms with van der Waals surface area (Å²) in [6.45, 7) is 0.498. The van der Waals surface area contributed by atoms with Gasteiger partial charge in [0.05, 0.1) is 17.6 Å². The summed E-state index contributed by atoms with van der Waals surface area (Å²) in [5.74, 6) is 0.263. The minimum absolute atomic E-state index is 0.193. The van der Waals surface area contributed by atoms with Gasteiger partial charge in [0.15, 0.2) is 5.82 Å². The van der Waals surface area contributed by atoms with Crippen LogP contribution in [-0.2, 0) is 13.0 Å². The minimum Gasteiger partial charge on any atom is -0.381 e. The first-order valence-electron chi connectivity index (χ1n) is 7.42. The zero-order valence-electron chi connectivity index (χ0n) is 12.4. The Bertz CT molecular complexity index is 1050. The molecule has 4 rings (SSSR count). The highest BCUT2D eigenvalue weighted by atomic mass is 16.2. The number of nitrogen functional groups attached to an aromatic ring is 1. The predicted molar refractivity (Wildman–Crippen MR) is 89.3 cm³/mol. The molecule has 4 aromatic rings. The third kappa shape index (κ3) is 2.24. The average molecular weight is 305 g/mol. The van der Waals surface area contributed by atoms with Crippen molar-refractivity contribution in [2.75, 3.05) is 5.73 Å². The summed E-state index contributed by atoms with van der Waals surface area (Å²) in [5.41, 5.74) is 8.73. The molecule has 2 aromatic heterocycles. The molecule has 2 N–H and O–H groups in total. The van der Waals surface area contributed by atoms with Crippen LogP contribution < -0.4 is 11.4 Å². The van der Waals surface area contributed by atoms with Gasteiger partial charge in [-0.25, -0.2) is 18.9 Å². The van der Waals surface area contributed by atoms with Gasteiger partial charge >= 0.3 is 5.69 Å². The van der Waals surface area contributed by atoms with Gasteiger partial charge in [-0.2, -0.15) is 0 Å². The number of nitrogens with zero attached hydrogens (tertiary/aromatic N) is 4. The maximum atomic E-state index is 12.7. The summed E-state index contributed by atoms with van der Waals surface area (Å²) in [6.07, 6.45) is 0.732. The number of hydrogen-bond acceptors (Lipinski definition) is 4. The first-order chi connectivity index (χ1) is 11.2. The van der Waals surface area contributed by atoms with E-state index in [2.05, 4.69) is 10.1 Å². The van der Waals surface area contributed by atoms with E-state index in [0.29, 0.717) is 23.2 Å². The Morgan fingerprint density at radius 2 is 1.74 bits per heavy atom. The number of aryl methyl sites for hydroxylation is 2. The van der Waals surface area contributed by atoms with E-state index in [9.17, 15) is 4.79 Å². The maximum Gasteiger partial charge on any atom is 0.351 e. The lowest BCUT2D eigenvalue weighted by atomic mass is 10.2. The van der Waals surface area contributed by atoms with Crippen LogP contribution in [0.25, 0.3) is 16.7 Å². The molecule has 114 valence electrons. The Labute approximate surface area is 131 Å². The fraction of sp³-hybridized carbons (Fsp3) is 0.118. The average Bonchev–Trinajstić information content (AvgIpc) is 2.92. The van der Waals surface area contributed by atoms with E-state index in [1.165, 1.54) is 9.08 Å². The van der Waals surface area contributed by atoms with Crippen molar-refractivity contribution in [1.82, 2.24) is 19.2 Å². The van der Waals surface area contributed by atoms with Crippen molar-refractivity contribution in [3.8, 4) is 0 Å². The maximum absolute atomic E-state index is 12.7. The molecule has 0 amide bonds. The number of para-hydroxylation sites is 2. The molecule has 0 radical (unpaired) electrons. The van der Waals surface area contributed by atoms with Crippen LogP contribution in [0.5, 0.6) is 0 Å². The van der Waals surface area contributed by atoms with Gasteiger partial charge in [-0.3, -0.25) is 0 Å². The summed E-state index contributed by atoms with van der Waals surface area (Å²) < 4.78 is 2.98. The molecule has 0 saturated carbocycles. The van der Waals surface area contributed by atoms with Crippen molar-refractivity contribution in [2.45, 2.75) is 13.0 Å². The van der Waals surface area contributed by atoms with Crippen molar-refractivity contribution >= 4 is 22.5 Å². The summed E-state index contributed by atoms with van der Waals surface area (Å²) in [6, 6.07) is 17.4. The van der Waals surface area contributed by atoms with E-state index in [1.54, 1.807) is 0 Å². The van der Waals surface area contributed by atoms with E-state index in [-0.39, 0.29) is 11.5 Å². The smallest absolute Gasteiger partial charge is 0.351 e. The van der Waals surface area contributed by atoms with E-state index >= 15 is 0 Å². The van der Waals surface area contributed by atoms with Crippen molar-refractivity contribution in [2.24, 2.45) is 0 Å². The first-order valence-corrected chi connectivity index (χ1v) is 7.42. The number of rotatable bonds is 3. The quantitative estimate of drug-likeness (QED) is 0.627. The van der Waals surface area contributed by atoms with E-state index < -0.39 is 0 Å². The molecule has 2 aromatic carbocycles.